The fourth-order valence-corrected chi connectivity index (χ4v) is 3.14. The van der Waals surface area contributed by atoms with Crippen molar-refractivity contribution in [2.75, 3.05) is 18.1 Å². The maximum Gasteiger partial charge on any atom is 0.0991 e. The Morgan fingerprint density at radius 1 is 1.17 bits per heavy atom. The van der Waals surface area contributed by atoms with Crippen LogP contribution in [-0.2, 0) is 4.74 Å². The van der Waals surface area contributed by atoms with Crippen molar-refractivity contribution in [1.29, 1.82) is 5.26 Å². The number of fused-ring (bicyclic) bond motifs is 1. The molecule has 1 saturated heterocycles. The Labute approximate surface area is 108 Å². The number of nitrogens with zero attached hydrogens (tertiary/aromatic N) is 2. The summed E-state index contributed by atoms with van der Waals surface area (Å²) in [5, 5.41) is 8.84. The van der Waals surface area contributed by atoms with Crippen LogP contribution >= 0.6 is 0 Å². The zero-order chi connectivity index (χ0) is 12.4. The van der Waals surface area contributed by atoms with Crippen LogP contribution in [0.25, 0.3) is 0 Å². The first-order valence-electron chi connectivity index (χ1n) is 6.77. The Bertz CT molecular complexity index is 447. The summed E-state index contributed by atoms with van der Waals surface area (Å²) in [6, 6.07) is 10.6. The van der Waals surface area contributed by atoms with Crippen LogP contribution in [0.2, 0.25) is 0 Å². The summed E-state index contributed by atoms with van der Waals surface area (Å²) in [6.07, 6.45) is 5.42. The van der Waals surface area contributed by atoms with Crippen LogP contribution in [-0.4, -0.2) is 25.3 Å². The van der Waals surface area contributed by atoms with Gasteiger partial charge in [-0.05, 0) is 37.1 Å². The molecule has 2 fully saturated rings. The summed E-state index contributed by atoms with van der Waals surface area (Å²) < 4.78 is 5.88. The van der Waals surface area contributed by atoms with Gasteiger partial charge in [0.05, 0.1) is 30.4 Å². The lowest BCUT2D eigenvalue weighted by molar-refractivity contribution is -0.00867. The van der Waals surface area contributed by atoms with Crippen LogP contribution in [0.4, 0.5) is 5.69 Å². The van der Waals surface area contributed by atoms with E-state index in [1.807, 2.05) is 12.1 Å². The molecule has 2 aliphatic rings. The van der Waals surface area contributed by atoms with Gasteiger partial charge in [0.1, 0.15) is 0 Å². The molecule has 2 atom stereocenters. The first-order chi connectivity index (χ1) is 8.88. The minimum atomic E-state index is 0.406. The van der Waals surface area contributed by atoms with E-state index in [1.165, 1.54) is 31.4 Å². The minimum Gasteiger partial charge on any atom is -0.374 e. The SMILES string of the molecule is N#Cc1ccc(N2CCOC3CCCCC32)cc1. The lowest BCUT2D eigenvalue weighted by Gasteiger charge is -2.45. The molecule has 2 unspecified atom stereocenters. The van der Waals surface area contributed by atoms with Crippen LogP contribution in [0.3, 0.4) is 0 Å². The van der Waals surface area contributed by atoms with Gasteiger partial charge in [0.15, 0.2) is 0 Å². The molecule has 1 aliphatic heterocycles. The summed E-state index contributed by atoms with van der Waals surface area (Å²) in [5.41, 5.74) is 1.96. The van der Waals surface area contributed by atoms with Crippen molar-refractivity contribution in [2.45, 2.75) is 37.8 Å². The number of nitriles is 1. The average Bonchev–Trinajstić information content (AvgIpc) is 2.47. The van der Waals surface area contributed by atoms with Gasteiger partial charge in [0.2, 0.25) is 0 Å². The molecule has 94 valence electrons. The molecule has 0 bridgehead atoms. The monoisotopic (exact) mass is 242 g/mol. The van der Waals surface area contributed by atoms with E-state index >= 15 is 0 Å². The molecule has 3 nitrogen and oxygen atoms in total. The molecule has 0 radical (unpaired) electrons. The number of anilines is 1. The van der Waals surface area contributed by atoms with E-state index in [2.05, 4.69) is 23.1 Å². The highest BCUT2D eigenvalue weighted by Gasteiger charge is 2.34. The lowest BCUT2D eigenvalue weighted by atomic mass is 9.90. The normalized spacial score (nSPS) is 27.4. The molecule has 0 spiro atoms. The number of rotatable bonds is 1. The third kappa shape index (κ3) is 2.09. The standard InChI is InChI=1S/C15H18N2O/c16-11-12-5-7-13(8-6-12)17-9-10-18-15-4-2-1-3-14(15)17/h5-8,14-15H,1-4,9-10H2. The Balaban J connectivity index is 1.82. The van der Waals surface area contributed by atoms with Gasteiger partial charge in [-0.2, -0.15) is 5.26 Å². The minimum absolute atomic E-state index is 0.406. The third-order valence-electron chi connectivity index (χ3n) is 4.06. The first-order valence-corrected chi connectivity index (χ1v) is 6.77. The fraction of sp³-hybridized carbons (Fsp3) is 0.533. The second-order valence-corrected chi connectivity index (χ2v) is 5.11. The highest BCUT2D eigenvalue weighted by Crippen LogP contribution is 2.31. The summed E-state index contributed by atoms with van der Waals surface area (Å²) in [6.45, 7) is 1.79. The van der Waals surface area contributed by atoms with Crippen molar-refractivity contribution in [1.82, 2.24) is 0 Å². The first kappa shape index (κ1) is 11.6. The highest BCUT2D eigenvalue weighted by molar-refractivity contribution is 5.51. The predicted octanol–water partition coefficient (Wildman–Crippen LogP) is 2.71. The van der Waals surface area contributed by atoms with Crippen LogP contribution in [0.15, 0.2) is 24.3 Å². The van der Waals surface area contributed by atoms with Gasteiger partial charge in [-0.1, -0.05) is 12.8 Å². The van der Waals surface area contributed by atoms with E-state index in [-0.39, 0.29) is 0 Å². The van der Waals surface area contributed by atoms with Crippen LogP contribution in [0.1, 0.15) is 31.2 Å². The molecule has 3 heteroatoms. The van der Waals surface area contributed by atoms with Crippen LogP contribution in [0.5, 0.6) is 0 Å². The zero-order valence-corrected chi connectivity index (χ0v) is 10.5. The molecule has 0 amide bonds. The summed E-state index contributed by atoms with van der Waals surface area (Å²) in [7, 11) is 0. The van der Waals surface area contributed by atoms with E-state index in [9.17, 15) is 0 Å². The smallest absolute Gasteiger partial charge is 0.0991 e. The Morgan fingerprint density at radius 3 is 2.72 bits per heavy atom. The molecular formula is C15H18N2O. The van der Waals surface area contributed by atoms with Gasteiger partial charge >= 0.3 is 0 Å². The van der Waals surface area contributed by atoms with Crippen molar-refractivity contribution in [2.24, 2.45) is 0 Å². The number of hydrogen-bond acceptors (Lipinski definition) is 3. The second-order valence-electron chi connectivity index (χ2n) is 5.11. The fourth-order valence-electron chi connectivity index (χ4n) is 3.14. The van der Waals surface area contributed by atoms with E-state index in [0.29, 0.717) is 12.1 Å². The van der Waals surface area contributed by atoms with Crippen molar-refractivity contribution >= 4 is 5.69 Å². The Morgan fingerprint density at radius 2 is 1.94 bits per heavy atom. The van der Waals surface area contributed by atoms with Crippen molar-refractivity contribution in [3.63, 3.8) is 0 Å². The van der Waals surface area contributed by atoms with Gasteiger partial charge in [-0.15, -0.1) is 0 Å². The lowest BCUT2D eigenvalue weighted by Crippen LogP contribution is -2.52. The summed E-state index contributed by atoms with van der Waals surface area (Å²) in [5.74, 6) is 0. The average molecular weight is 242 g/mol. The molecule has 1 heterocycles. The third-order valence-corrected chi connectivity index (χ3v) is 4.06. The summed E-state index contributed by atoms with van der Waals surface area (Å²) in [4.78, 5) is 2.47. The van der Waals surface area contributed by atoms with Gasteiger partial charge in [-0.3, -0.25) is 0 Å². The summed E-state index contributed by atoms with van der Waals surface area (Å²) >= 11 is 0. The second kappa shape index (κ2) is 4.99. The highest BCUT2D eigenvalue weighted by atomic mass is 16.5. The zero-order valence-electron chi connectivity index (χ0n) is 10.5. The van der Waals surface area contributed by atoms with Gasteiger partial charge < -0.3 is 9.64 Å². The van der Waals surface area contributed by atoms with E-state index < -0.39 is 0 Å². The van der Waals surface area contributed by atoms with E-state index in [1.54, 1.807) is 0 Å². The Hall–Kier alpha value is -1.53. The maximum absolute atomic E-state index is 8.84. The van der Waals surface area contributed by atoms with Gasteiger partial charge in [-0.25, -0.2) is 0 Å². The van der Waals surface area contributed by atoms with Crippen LogP contribution < -0.4 is 4.90 Å². The Kier molecular flexibility index (Phi) is 3.21. The molecule has 0 aromatic heterocycles. The number of ether oxygens (including phenoxy) is 1. The number of benzene rings is 1. The molecule has 1 aliphatic carbocycles. The molecule has 18 heavy (non-hydrogen) atoms. The molecule has 1 saturated carbocycles. The molecular weight excluding hydrogens is 224 g/mol. The number of morpholine rings is 1. The van der Waals surface area contributed by atoms with Gasteiger partial charge in [0.25, 0.3) is 0 Å². The van der Waals surface area contributed by atoms with Gasteiger partial charge in [0, 0.05) is 12.2 Å². The molecule has 1 aromatic carbocycles. The van der Waals surface area contributed by atoms with Crippen molar-refractivity contribution in [3.05, 3.63) is 29.8 Å². The topological polar surface area (TPSA) is 36.3 Å². The largest absolute Gasteiger partial charge is 0.374 e. The molecule has 1 aromatic rings. The quantitative estimate of drug-likeness (QED) is 0.759. The molecule has 3 rings (SSSR count). The van der Waals surface area contributed by atoms with Crippen LogP contribution in [0, 0.1) is 11.3 Å². The van der Waals surface area contributed by atoms with Crippen molar-refractivity contribution < 1.29 is 4.74 Å². The van der Waals surface area contributed by atoms with E-state index in [0.717, 1.165) is 18.7 Å². The number of hydrogen-bond donors (Lipinski definition) is 0. The van der Waals surface area contributed by atoms with Crippen molar-refractivity contribution in [3.8, 4) is 6.07 Å². The predicted molar refractivity (Wildman–Crippen MR) is 70.5 cm³/mol. The maximum atomic E-state index is 8.84. The van der Waals surface area contributed by atoms with E-state index in [4.69, 9.17) is 10.00 Å². The molecule has 0 N–H and O–H groups in total.